The van der Waals surface area contributed by atoms with E-state index in [1.54, 1.807) is 17.0 Å². The molecule has 1 aromatic carbocycles. The summed E-state index contributed by atoms with van der Waals surface area (Å²) in [6.45, 7) is 2.01. The van der Waals surface area contributed by atoms with Crippen molar-refractivity contribution < 1.29 is 18.2 Å². The molecular formula is C19H24FN3O3S. The van der Waals surface area contributed by atoms with E-state index in [9.17, 15) is 18.2 Å². The van der Waals surface area contributed by atoms with E-state index < -0.39 is 15.7 Å². The zero-order valence-corrected chi connectivity index (χ0v) is 16.0. The summed E-state index contributed by atoms with van der Waals surface area (Å²) >= 11 is 0. The number of benzene rings is 1. The molecule has 1 spiro atoms. The monoisotopic (exact) mass is 393 g/mol. The van der Waals surface area contributed by atoms with Crippen LogP contribution in [0.4, 0.5) is 9.18 Å². The largest absolute Gasteiger partial charge is 0.334 e. The summed E-state index contributed by atoms with van der Waals surface area (Å²) in [4.78, 5) is 27.8. The zero-order chi connectivity index (χ0) is 19.0. The Hall–Kier alpha value is -1.96. The third-order valence-electron chi connectivity index (χ3n) is 5.80. The molecule has 27 heavy (non-hydrogen) atoms. The van der Waals surface area contributed by atoms with Crippen LogP contribution in [0.15, 0.2) is 24.3 Å². The van der Waals surface area contributed by atoms with Crippen LogP contribution in [0.25, 0.3) is 0 Å². The summed E-state index contributed by atoms with van der Waals surface area (Å²) in [5.74, 6) is 0.359. The fourth-order valence-corrected chi connectivity index (χ4v) is 5.66. The van der Waals surface area contributed by atoms with Crippen LogP contribution in [0.3, 0.4) is 0 Å². The quantitative estimate of drug-likeness (QED) is 0.849. The van der Waals surface area contributed by atoms with Gasteiger partial charge in [0.05, 0.1) is 10.8 Å². The number of nitrogens with one attached hydrogen (secondary N) is 1. The van der Waals surface area contributed by atoms with Crippen LogP contribution in [0, 0.1) is 11.7 Å². The first kappa shape index (κ1) is 18.4. The van der Waals surface area contributed by atoms with Crippen molar-refractivity contribution in [3.8, 4) is 0 Å². The van der Waals surface area contributed by atoms with Gasteiger partial charge in [0.1, 0.15) is 16.4 Å². The Morgan fingerprint density at radius 3 is 2.52 bits per heavy atom. The van der Waals surface area contributed by atoms with Gasteiger partial charge in [-0.1, -0.05) is 12.1 Å². The molecule has 1 saturated carbocycles. The number of amides is 3. The highest BCUT2D eigenvalue weighted by Gasteiger charge is 2.54. The van der Waals surface area contributed by atoms with Gasteiger partial charge in [0.15, 0.2) is 0 Å². The van der Waals surface area contributed by atoms with Gasteiger partial charge in [-0.2, -0.15) is 0 Å². The average molecular weight is 393 g/mol. The summed E-state index contributed by atoms with van der Waals surface area (Å²) in [6, 6.07) is 5.84. The van der Waals surface area contributed by atoms with Crippen LogP contribution in [0.1, 0.15) is 31.2 Å². The predicted octanol–water partition coefficient (Wildman–Crippen LogP) is 1.83. The minimum absolute atomic E-state index is 0.00514. The average Bonchev–Trinajstić information content (AvgIpc) is 3.46. The van der Waals surface area contributed by atoms with E-state index in [1.807, 2.05) is 4.90 Å². The van der Waals surface area contributed by atoms with Gasteiger partial charge < -0.3 is 15.1 Å². The van der Waals surface area contributed by atoms with Gasteiger partial charge in [-0.25, -0.2) is 9.18 Å². The number of halogens is 1. The van der Waals surface area contributed by atoms with Crippen molar-refractivity contribution >= 4 is 22.7 Å². The van der Waals surface area contributed by atoms with E-state index in [4.69, 9.17) is 0 Å². The Morgan fingerprint density at radius 1 is 1.22 bits per heavy atom. The van der Waals surface area contributed by atoms with Crippen molar-refractivity contribution in [3.63, 3.8) is 0 Å². The third kappa shape index (κ3) is 3.72. The number of carbonyl (C=O) groups excluding carboxylic acids is 2. The highest BCUT2D eigenvalue weighted by molar-refractivity contribution is 7.87. The fraction of sp³-hybridized carbons (Fsp3) is 0.579. The smallest absolute Gasteiger partial charge is 0.317 e. The molecule has 3 aliphatic rings. The number of likely N-dealkylation sites (tertiary alicyclic amines) is 1. The molecule has 6 nitrogen and oxygen atoms in total. The SMILES string of the molecule is O=C(NCc1ccc(F)cc1)N1CCC2(CC1)N(CC1CC1)C(=O)CS2=O. The first-order chi connectivity index (χ1) is 13.0. The molecule has 0 radical (unpaired) electrons. The standard InChI is InChI=1S/C19H24FN3O3S/c20-16-5-3-14(4-6-16)11-21-18(25)22-9-7-19(8-10-22)23(12-15-1-2-15)17(24)13-27(19)26/h3-6,15H,1-2,7-13H2,(H,21,25). The van der Waals surface area contributed by atoms with Gasteiger partial charge in [0, 0.05) is 39.0 Å². The molecule has 1 aliphatic carbocycles. The molecule has 2 heterocycles. The van der Waals surface area contributed by atoms with Crippen LogP contribution >= 0.6 is 0 Å². The number of hydrogen-bond acceptors (Lipinski definition) is 3. The Balaban J connectivity index is 1.34. The maximum absolute atomic E-state index is 12.9. The molecular weight excluding hydrogens is 369 g/mol. The molecule has 1 N–H and O–H groups in total. The lowest BCUT2D eigenvalue weighted by atomic mass is 10.0. The maximum Gasteiger partial charge on any atom is 0.317 e. The Labute approximate surface area is 160 Å². The molecule has 3 amide bonds. The van der Waals surface area contributed by atoms with E-state index in [2.05, 4.69) is 5.32 Å². The number of hydrogen-bond donors (Lipinski definition) is 1. The number of nitrogens with zero attached hydrogens (tertiary/aromatic N) is 2. The summed E-state index contributed by atoms with van der Waals surface area (Å²) in [6.07, 6.45) is 3.40. The van der Waals surface area contributed by atoms with Gasteiger partial charge in [0.25, 0.3) is 0 Å². The minimum Gasteiger partial charge on any atom is -0.334 e. The molecule has 4 rings (SSSR count). The van der Waals surface area contributed by atoms with E-state index in [0.717, 1.165) is 18.4 Å². The second-order valence-corrected chi connectivity index (χ2v) is 9.40. The lowest BCUT2D eigenvalue weighted by molar-refractivity contribution is -0.131. The highest BCUT2D eigenvalue weighted by Crippen LogP contribution is 2.41. The normalized spacial score (nSPS) is 24.5. The lowest BCUT2D eigenvalue weighted by Crippen LogP contribution is -2.57. The first-order valence-corrected chi connectivity index (χ1v) is 10.8. The number of carbonyl (C=O) groups is 2. The summed E-state index contributed by atoms with van der Waals surface area (Å²) in [7, 11) is -1.20. The molecule has 2 aliphatic heterocycles. The van der Waals surface area contributed by atoms with E-state index in [1.165, 1.54) is 12.1 Å². The van der Waals surface area contributed by atoms with E-state index in [-0.39, 0.29) is 23.5 Å². The van der Waals surface area contributed by atoms with Gasteiger partial charge >= 0.3 is 6.03 Å². The predicted molar refractivity (Wildman–Crippen MR) is 99.6 cm³/mol. The van der Waals surface area contributed by atoms with E-state index >= 15 is 0 Å². The number of rotatable bonds is 4. The van der Waals surface area contributed by atoms with Gasteiger partial charge in [0.2, 0.25) is 5.91 Å². The van der Waals surface area contributed by atoms with Crippen LogP contribution in [-0.4, -0.2) is 56.2 Å². The highest BCUT2D eigenvalue weighted by atomic mass is 32.2. The van der Waals surface area contributed by atoms with Crippen LogP contribution < -0.4 is 5.32 Å². The van der Waals surface area contributed by atoms with Crippen LogP contribution in [0.2, 0.25) is 0 Å². The van der Waals surface area contributed by atoms with Crippen molar-refractivity contribution in [2.45, 2.75) is 37.1 Å². The number of urea groups is 1. The lowest BCUT2D eigenvalue weighted by Gasteiger charge is -2.43. The summed E-state index contributed by atoms with van der Waals surface area (Å²) < 4.78 is 25.6. The van der Waals surface area contributed by atoms with Crippen molar-refractivity contribution in [2.24, 2.45) is 5.92 Å². The Morgan fingerprint density at radius 2 is 1.89 bits per heavy atom. The number of piperidine rings is 1. The van der Waals surface area contributed by atoms with Crippen molar-refractivity contribution in [1.29, 1.82) is 0 Å². The molecule has 3 fully saturated rings. The fourth-order valence-electron chi connectivity index (χ4n) is 3.95. The Kier molecular flexibility index (Phi) is 4.92. The van der Waals surface area contributed by atoms with Crippen LogP contribution in [-0.2, 0) is 22.1 Å². The molecule has 1 aromatic rings. The van der Waals surface area contributed by atoms with Crippen molar-refractivity contribution in [1.82, 2.24) is 15.1 Å². The second-order valence-electron chi connectivity index (χ2n) is 7.66. The molecule has 146 valence electrons. The Bertz CT molecular complexity index is 758. The van der Waals surface area contributed by atoms with Gasteiger partial charge in [-0.05, 0) is 36.5 Å². The first-order valence-electron chi connectivity index (χ1n) is 9.44. The molecule has 1 atom stereocenters. The third-order valence-corrected chi connectivity index (χ3v) is 7.78. The van der Waals surface area contributed by atoms with Crippen LogP contribution in [0.5, 0.6) is 0 Å². The molecule has 1 unspecified atom stereocenters. The zero-order valence-electron chi connectivity index (χ0n) is 15.2. The van der Waals surface area contributed by atoms with Crippen molar-refractivity contribution in [3.05, 3.63) is 35.6 Å². The van der Waals surface area contributed by atoms with Crippen molar-refractivity contribution in [2.75, 3.05) is 25.4 Å². The van der Waals surface area contributed by atoms with Gasteiger partial charge in [-0.3, -0.25) is 9.00 Å². The molecule has 0 bridgehead atoms. The minimum atomic E-state index is -1.20. The second kappa shape index (κ2) is 7.22. The topological polar surface area (TPSA) is 69.7 Å². The molecule has 2 saturated heterocycles. The van der Waals surface area contributed by atoms with Gasteiger partial charge in [-0.15, -0.1) is 0 Å². The summed E-state index contributed by atoms with van der Waals surface area (Å²) in [5.41, 5.74) is 0.830. The molecule has 0 aromatic heterocycles. The summed E-state index contributed by atoms with van der Waals surface area (Å²) in [5, 5.41) is 2.85. The maximum atomic E-state index is 12.9. The van der Waals surface area contributed by atoms with E-state index in [0.29, 0.717) is 44.9 Å². The molecule has 8 heteroatoms.